The monoisotopic (exact) mass is 295 g/mol. The van der Waals surface area contributed by atoms with Gasteiger partial charge in [-0.1, -0.05) is 12.1 Å². The predicted molar refractivity (Wildman–Crippen MR) is 70.3 cm³/mol. The first-order chi connectivity index (χ1) is 9.95. The Morgan fingerprint density at radius 2 is 2.05 bits per heavy atom. The fourth-order valence-corrected chi connectivity index (χ4v) is 2.32. The summed E-state index contributed by atoms with van der Waals surface area (Å²) in [7, 11) is 0. The SMILES string of the molecule is CCOC(=O)C1=C(C)O[C@@H]([N+](=O)[O-])[C@@H]1c1ccc(F)cc1. The Balaban J connectivity index is 2.45. The van der Waals surface area contributed by atoms with Crippen LogP contribution in [0.25, 0.3) is 0 Å². The molecule has 2 rings (SSSR count). The molecule has 0 aliphatic carbocycles. The van der Waals surface area contributed by atoms with Crippen molar-refractivity contribution >= 4 is 5.97 Å². The smallest absolute Gasteiger partial charge is 0.364 e. The van der Waals surface area contributed by atoms with Crippen LogP contribution in [0.4, 0.5) is 4.39 Å². The molecule has 0 aromatic heterocycles. The van der Waals surface area contributed by atoms with Crippen molar-refractivity contribution < 1.29 is 23.6 Å². The summed E-state index contributed by atoms with van der Waals surface area (Å²) in [6, 6.07) is 5.17. The van der Waals surface area contributed by atoms with E-state index in [4.69, 9.17) is 9.47 Å². The maximum absolute atomic E-state index is 13.0. The largest absolute Gasteiger partial charge is 0.463 e. The molecule has 0 N–H and O–H groups in total. The van der Waals surface area contributed by atoms with E-state index in [0.29, 0.717) is 5.56 Å². The van der Waals surface area contributed by atoms with Crippen LogP contribution in [0.2, 0.25) is 0 Å². The lowest BCUT2D eigenvalue weighted by Gasteiger charge is -2.14. The third-order valence-corrected chi connectivity index (χ3v) is 3.21. The molecule has 6 nitrogen and oxygen atoms in total. The molecule has 0 radical (unpaired) electrons. The third-order valence-electron chi connectivity index (χ3n) is 3.21. The molecule has 1 heterocycles. The summed E-state index contributed by atoms with van der Waals surface area (Å²) < 4.78 is 23.1. The molecule has 7 heteroatoms. The van der Waals surface area contributed by atoms with Gasteiger partial charge in [0.05, 0.1) is 17.1 Å². The molecule has 1 aromatic rings. The van der Waals surface area contributed by atoms with E-state index in [1.54, 1.807) is 6.92 Å². The standard InChI is InChI=1S/C14H14FNO5/c1-3-20-14(17)11-8(2)21-13(16(18)19)12(11)9-4-6-10(15)7-5-9/h4-7,12-13H,3H2,1-2H3/t12-,13-/m1/s1. The quantitative estimate of drug-likeness (QED) is 0.484. The van der Waals surface area contributed by atoms with Crippen molar-refractivity contribution in [1.82, 2.24) is 0 Å². The number of ether oxygens (including phenoxy) is 2. The molecule has 0 saturated carbocycles. The van der Waals surface area contributed by atoms with Crippen molar-refractivity contribution in [2.24, 2.45) is 0 Å². The van der Waals surface area contributed by atoms with Gasteiger partial charge in [-0.2, -0.15) is 0 Å². The van der Waals surface area contributed by atoms with Gasteiger partial charge in [0, 0.05) is 0 Å². The zero-order valence-electron chi connectivity index (χ0n) is 11.5. The molecule has 2 atom stereocenters. The van der Waals surface area contributed by atoms with E-state index in [0.717, 1.165) is 0 Å². The average molecular weight is 295 g/mol. The van der Waals surface area contributed by atoms with E-state index in [9.17, 15) is 19.3 Å². The Labute approximate surface area is 120 Å². The van der Waals surface area contributed by atoms with Gasteiger partial charge in [0.15, 0.2) is 0 Å². The highest BCUT2D eigenvalue weighted by molar-refractivity contribution is 5.91. The minimum atomic E-state index is -1.42. The van der Waals surface area contributed by atoms with Crippen LogP contribution in [0.15, 0.2) is 35.6 Å². The highest BCUT2D eigenvalue weighted by Crippen LogP contribution is 2.39. The van der Waals surface area contributed by atoms with E-state index < -0.39 is 28.9 Å². The number of carbonyl (C=O) groups excluding carboxylic acids is 1. The number of halogens is 1. The third kappa shape index (κ3) is 2.86. The van der Waals surface area contributed by atoms with Crippen molar-refractivity contribution in [3.8, 4) is 0 Å². The van der Waals surface area contributed by atoms with Gasteiger partial charge >= 0.3 is 12.2 Å². The number of benzene rings is 1. The number of rotatable bonds is 4. The first-order valence-electron chi connectivity index (χ1n) is 6.39. The second kappa shape index (κ2) is 5.90. The van der Waals surface area contributed by atoms with Crippen molar-refractivity contribution in [2.75, 3.05) is 6.61 Å². The first kappa shape index (κ1) is 15.0. The molecule has 1 aliphatic rings. The lowest BCUT2D eigenvalue weighted by Crippen LogP contribution is -2.28. The van der Waals surface area contributed by atoms with E-state index in [2.05, 4.69) is 0 Å². The number of nitrogens with zero attached hydrogens (tertiary/aromatic N) is 1. The Hall–Kier alpha value is -2.44. The lowest BCUT2D eigenvalue weighted by molar-refractivity contribution is -0.570. The normalized spacial score (nSPS) is 21.1. The van der Waals surface area contributed by atoms with E-state index in [1.807, 2.05) is 0 Å². The Bertz CT molecular complexity index is 596. The lowest BCUT2D eigenvalue weighted by atomic mass is 9.90. The van der Waals surface area contributed by atoms with Gasteiger partial charge < -0.3 is 9.47 Å². The van der Waals surface area contributed by atoms with E-state index in [1.165, 1.54) is 31.2 Å². The summed E-state index contributed by atoms with van der Waals surface area (Å²) in [5.74, 6) is -1.88. The maximum Gasteiger partial charge on any atom is 0.364 e. The fraction of sp³-hybridized carbons (Fsp3) is 0.357. The number of hydrogen-bond acceptors (Lipinski definition) is 5. The number of allylic oxidation sites excluding steroid dienone is 1. The molecule has 1 aromatic carbocycles. The fourth-order valence-electron chi connectivity index (χ4n) is 2.32. The van der Waals surface area contributed by atoms with Crippen molar-refractivity contribution in [2.45, 2.75) is 26.0 Å². The maximum atomic E-state index is 13.0. The molecule has 0 fully saturated rings. The van der Waals surface area contributed by atoms with Crippen molar-refractivity contribution in [3.05, 3.63) is 57.1 Å². The van der Waals surface area contributed by atoms with Gasteiger partial charge in [-0.3, -0.25) is 10.1 Å². The Morgan fingerprint density at radius 3 is 2.57 bits per heavy atom. The molecule has 1 aliphatic heterocycles. The zero-order chi connectivity index (χ0) is 15.6. The molecular formula is C14H14FNO5. The molecule has 0 amide bonds. The Kier molecular flexibility index (Phi) is 4.21. The summed E-state index contributed by atoms with van der Waals surface area (Å²) in [5.41, 5.74) is 0.531. The average Bonchev–Trinajstić information content (AvgIpc) is 2.78. The summed E-state index contributed by atoms with van der Waals surface area (Å²) in [6.45, 7) is 3.27. The van der Waals surface area contributed by atoms with Gasteiger partial charge in [-0.05, 0) is 31.5 Å². The van der Waals surface area contributed by atoms with Crippen LogP contribution in [0.1, 0.15) is 25.3 Å². The van der Waals surface area contributed by atoms with Gasteiger partial charge in [0.2, 0.25) is 0 Å². The highest BCUT2D eigenvalue weighted by atomic mass is 19.1. The molecule has 21 heavy (non-hydrogen) atoms. The first-order valence-corrected chi connectivity index (χ1v) is 6.39. The van der Waals surface area contributed by atoms with Crippen LogP contribution in [0.3, 0.4) is 0 Å². The van der Waals surface area contributed by atoms with Gasteiger partial charge in [0.1, 0.15) is 17.5 Å². The second-order valence-corrected chi connectivity index (χ2v) is 4.51. The van der Waals surface area contributed by atoms with Crippen LogP contribution in [-0.4, -0.2) is 23.7 Å². The molecule has 0 spiro atoms. The summed E-state index contributed by atoms with van der Waals surface area (Å²) in [4.78, 5) is 22.6. The summed E-state index contributed by atoms with van der Waals surface area (Å²) in [5, 5.41) is 11.2. The second-order valence-electron chi connectivity index (χ2n) is 4.51. The summed E-state index contributed by atoms with van der Waals surface area (Å²) >= 11 is 0. The number of esters is 1. The number of nitro groups is 1. The van der Waals surface area contributed by atoms with Gasteiger partial charge in [0.25, 0.3) is 0 Å². The predicted octanol–water partition coefficient (Wildman–Crippen LogP) is 2.38. The van der Waals surface area contributed by atoms with Crippen molar-refractivity contribution in [1.29, 1.82) is 0 Å². The number of hydrogen-bond donors (Lipinski definition) is 0. The van der Waals surface area contributed by atoms with Gasteiger partial charge in [-0.15, -0.1) is 0 Å². The van der Waals surface area contributed by atoms with Gasteiger partial charge in [-0.25, -0.2) is 9.18 Å². The van der Waals surface area contributed by atoms with Crippen LogP contribution in [0.5, 0.6) is 0 Å². The molecule has 0 unspecified atom stereocenters. The Morgan fingerprint density at radius 1 is 1.43 bits per heavy atom. The molecule has 112 valence electrons. The van der Waals surface area contributed by atoms with Crippen LogP contribution in [0, 0.1) is 15.9 Å². The molecule has 0 bridgehead atoms. The van der Waals surface area contributed by atoms with E-state index in [-0.39, 0.29) is 17.9 Å². The molecular weight excluding hydrogens is 281 g/mol. The van der Waals surface area contributed by atoms with Crippen LogP contribution in [-0.2, 0) is 14.3 Å². The highest BCUT2D eigenvalue weighted by Gasteiger charge is 2.47. The summed E-state index contributed by atoms with van der Waals surface area (Å²) in [6.07, 6.45) is -1.42. The topological polar surface area (TPSA) is 78.7 Å². The molecule has 0 saturated heterocycles. The minimum Gasteiger partial charge on any atom is -0.463 e. The zero-order valence-corrected chi connectivity index (χ0v) is 11.5. The van der Waals surface area contributed by atoms with Crippen LogP contribution < -0.4 is 0 Å². The van der Waals surface area contributed by atoms with Crippen molar-refractivity contribution in [3.63, 3.8) is 0 Å². The minimum absolute atomic E-state index is 0.102. The number of carbonyl (C=O) groups is 1. The van der Waals surface area contributed by atoms with E-state index >= 15 is 0 Å². The van der Waals surface area contributed by atoms with Crippen LogP contribution >= 0.6 is 0 Å².